The summed E-state index contributed by atoms with van der Waals surface area (Å²) in [5, 5.41) is 22.7. The van der Waals surface area contributed by atoms with Gasteiger partial charge in [0.15, 0.2) is 5.78 Å². The Kier molecular flexibility index (Phi) is 9.95. The number of rotatable bonds is 3. The average Bonchev–Trinajstić information content (AvgIpc) is 2.80. The summed E-state index contributed by atoms with van der Waals surface area (Å²) in [6.07, 6.45) is 6.59. The Balaban J connectivity index is 2.60. The summed E-state index contributed by atoms with van der Waals surface area (Å²) >= 11 is 0. The number of ketones is 1. The Bertz CT molecular complexity index is 992. The van der Waals surface area contributed by atoms with Gasteiger partial charge in [-0.2, -0.15) is 0 Å². The number of nitrogens with one attached hydrogen (secondary N) is 1. The van der Waals surface area contributed by atoms with Crippen molar-refractivity contribution in [1.29, 1.82) is 0 Å². The standard InChI is InChI=1S/C27H37NO8/c1-15-7-10-20(31)11-8-16(2)13-23(28-25(33)18(4)29)27(6)24(32)17(3)22(36-26(27)34)14-21(12-9-15)35-19(5)30/h7-9,11-13,17-18,20-23,29,31H,10,14H2,1-6H3,(H,28,33)/b11-8+,12-9-,15-7-,16-13-. The van der Waals surface area contributed by atoms with E-state index >= 15 is 0 Å². The van der Waals surface area contributed by atoms with Crippen LogP contribution in [0, 0.1) is 11.3 Å². The molecule has 0 aromatic carbocycles. The number of amides is 1. The summed E-state index contributed by atoms with van der Waals surface area (Å²) in [7, 11) is 0. The number of fused-ring (bicyclic) bond motifs is 10. The number of ether oxygens (including phenoxy) is 2. The molecule has 7 atom stereocenters. The zero-order valence-corrected chi connectivity index (χ0v) is 21.7. The first-order valence-corrected chi connectivity index (χ1v) is 12.1. The van der Waals surface area contributed by atoms with Crippen LogP contribution < -0.4 is 5.32 Å². The summed E-state index contributed by atoms with van der Waals surface area (Å²) in [5.41, 5.74) is -0.358. The molecule has 1 amide bonds. The van der Waals surface area contributed by atoms with Crippen molar-refractivity contribution in [2.24, 2.45) is 11.3 Å². The first kappa shape index (κ1) is 29.2. The van der Waals surface area contributed by atoms with Gasteiger partial charge in [0.2, 0.25) is 5.91 Å². The molecule has 36 heavy (non-hydrogen) atoms. The smallest absolute Gasteiger partial charge is 0.322 e. The van der Waals surface area contributed by atoms with Crippen LogP contribution in [0.3, 0.4) is 0 Å². The molecule has 0 aromatic rings. The van der Waals surface area contributed by atoms with Crippen LogP contribution >= 0.6 is 0 Å². The minimum Gasteiger partial charge on any atom is -0.461 e. The molecule has 9 heteroatoms. The molecular formula is C27H37NO8. The van der Waals surface area contributed by atoms with E-state index in [0.717, 1.165) is 5.57 Å². The first-order chi connectivity index (χ1) is 16.7. The Morgan fingerprint density at radius 1 is 1.19 bits per heavy atom. The van der Waals surface area contributed by atoms with Crippen LogP contribution in [0.25, 0.3) is 0 Å². The van der Waals surface area contributed by atoms with Crippen molar-refractivity contribution >= 4 is 23.6 Å². The van der Waals surface area contributed by atoms with Crippen molar-refractivity contribution in [3.63, 3.8) is 0 Å². The van der Waals surface area contributed by atoms with E-state index in [-0.39, 0.29) is 6.42 Å². The maximum absolute atomic E-state index is 13.7. The number of carbonyl (C=O) groups is 4. The van der Waals surface area contributed by atoms with Gasteiger partial charge >= 0.3 is 11.9 Å². The molecule has 1 aliphatic carbocycles. The lowest BCUT2D eigenvalue weighted by atomic mass is 9.69. The first-order valence-electron chi connectivity index (χ1n) is 12.1. The largest absolute Gasteiger partial charge is 0.461 e. The predicted octanol–water partition coefficient (Wildman–Crippen LogP) is 2.08. The van der Waals surface area contributed by atoms with Crippen LogP contribution in [0.1, 0.15) is 54.4 Å². The van der Waals surface area contributed by atoms with Crippen molar-refractivity contribution in [2.75, 3.05) is 0 Å². The Morgan fingerprint density at radius 2 is 1.83 bits per heavy atom. The summed E-state index contributed by atoms with van der Waals surface area (Å²) in [5.74, 6) is -3.31. The molecule has 2 bridgehead atoms. The van der Waals surface area contributed by atoms with Crippen LogP contribution in [0.15, 0.2) is 47.6 Å². The van der Waals surface area contributed by atoms with Crippen molar-refractivity contribution in [3.8, 4) is 0 Å². The van der Waals surface area contributed by atoms with E-state index < -0.39 is 65.4 Å². The molecule has 0 saturated carbocycles. The molecule has 3 rings (SSSR count). The molecule has 3 aliphatic rings. The zero-order chi connectivity index (χ0) is 27.2. The van der Waals surface area contributed by atoms with E-state index in [0.29, 0.717) is 12.0 Å². The molecular weight excluding hydrogens is 466 g/mol. The molecule has 1 fully saturated rings. The lowest BCUT2D eigenvalue weighted by Crippen LogP contribution is -2.62. The van der Waals surface area contributed by atoms with Crippen LogP contribution in [0.2, 0.25) is 0 Å². The molecule has 9 nitrogen and oxygen atoms in total. The van der Waals surface area contributed by atoms with Gasteiger partial charge in [0.25, 0.3) is 0 Å². The van der Waals surface area contributed by atoms with E-state index in [1.54, 1.807) is 38.2 Å². The van der Waals surface area contributed by atoms with Crippen molar-refractivity contribution in [2.45, 2.75) is 84.8 Å². The van der Waals surface area contributed by atoms with Crippen molar-refractivity contribution in [1.82, 2.24) is 5.32 Å². The second-order valence-electron chi connectivity index (χ2n) is 9.72. The summed E-state index contributed by atoms with van der Waals surface area (Å²) < 4.78 is 11.1. The van der Waals surface area contributed by atoms with Crippen molar-refractivity contribution in [3.05, 3.63) is 47.6 Å². The Morgan fingerprint density at radius 3 is 2.44 bits per heavy atom. The fourth-order valence-corrected chi connectivity index (χ4v) is 4.17. The highest BCUT2D eigenvalue weighted by Crippen LogP contribution is 2.38. The van der Waals surface area contributed by atoms with Crippen LogP contribution in [-0.2, 0) is 28.7 Å². The van der Waals surface area contributed by atoms with E-state index in [4.69, 9.17) is 9.47 Å². The van der Waals surface area contributed by atoms with Gasteiger partial charge in [-0.1, -0.05) is 48.5 Å². The van der Waals surface area contributed by atoms with Crippen LogP contribution in [0.5, 0.6) is 0 Å². The fourth-order valence-electron chi connectivity index (χ4n) is 4.17. The van der Waals surface area contributed by atoms with Crippen molar-refractivity contribution < 1.29 is 38.9 Å². The minimum absolute atomic E-state index is 0.0713. The molecule has 0 radical (unpaired) electrons. The van der Waals surface area contributed by atoms with Gasteiger partial charge in [0, 0.05) is 13.3 Å². The number of hydrogen-bond donors (Lipinski definition) is 3. The van der Waals surface area contributed by atoms with Gasteiger partial charge in [0.1, 0.15) is 23.7 Å². The molecule has 0 aromatic heterocycles. The maximum Gasteiger partial charge on any atom is 0.322 e. The second kappa shape index (κ2) is 12.3. The third-order valence-corrected chi connectivity index (χ3v) is 6.51. The highest BCUT2D eigenvalue weighted by molar-refractivity contribution is 6.08. The normalized spacial score (nSPS) is 37.3. The number of aliphatic hydroxyl groups excluding tert-OH is 2. The topological polar surface area (TPSA) is 139 Å². The number of esters is 2. The third kappa shape index (κ3) is 7.24. The second-order valence-corrected chi connectivity index (χ2v) is 9.72. The molecule has 2 aliphatic heterocycles. The molecule has 7 unspecified atom stereocenters. The molecule has 3 N–H and O–H groups in total. The number of hydrogen-bond acceptors (Lipinski definition) is 8. The van der Waals surface area contributed by atoms with E-state index in [1.807, 2.05) is 13.0 Å². The molecule has 2 heterocycles. The lowest BCUT2D eigenvalue weighted by molar-refractivity contribution is -0.182. The highest BCUT2D eigenvalue weighted by Gasteiger charge is 2.56. The average molecular weight is 504 g/mol. The number of aliphatic hydroxyl groups is 2. The van der Waals surface area contributed by atoms with Gasteiger partial charge in [-0.05, 0) is 40.2 Å². The quantitative estimate of drug-likeness (QED) is 0.393. The SMILES string of the molecule is CC(=O)OC1/C=C\C(C)=C/CC(O)/C=C/C(C)=C\C(NC(=O)C(C)O)C2(C)C(=O)OC(C1)C(C)C2=O. The third-order valence-electron chi connectivity index (χ3n) is 6.51. The van der Waals surface area contributed by atoms with Gasteiger partial charge in [-0.3, -0.25) is 19.2 Å². The summed E-state index contributed by atoms with van der Waals surface area (Å²) in [6.45, 7) is 9.13. The van der Waals surface area contributed by atoms with E-state index in [9.17, 15) is 29.4 Å². The van der Waals surface area contributed by atoms with Gasteiger partial charge in [-0.25, -0.2) is 0 Å². The molecule has 198 valence electrons. The van der Waals surface area contributed by atoms with Crippen LogP contribution in [0.4, 0.5) is 0 Å². The van der Waals surface area contributed by atoms with E-state index in [1.165, 1.54) is 26.8 Å². The Labute approximate surface area is 211 Å². The van der Waals surface area contributed by atoms with Gasteiger partial charge < -0.3 is 25.0 Å². The van der Waals surface area contributed by atoms with Gasteiger partial charge in [-0.15, -0.1) is 0 Å². The number of carbonyl (C=O) groups excluding carboxylic acids is 4. The molecule has 1 saturated heterocycles. The molecule has 0 spiro atoms. The predicted molar refractivity (Wildman–Crippen MR) is 132 cm³/mol. The lowest BCUT2D eigenvalue weighted by Gasteiger charge is -2.42. The van der Waals surface area contributed by atoms with E-state index in [2.05, 4.69) is 5.32 Å². The minimum atomic E-state index is -1.77. The maximum atomic E-state index is 13.7. The number of Topliss-reactive ketones (excluding diaryl/α,β-unsaturated/α-hetero) is 1. The summed E-state index contributed by atoms with van der Waals surface area (Å²) in [6, 6.07) is -1.12. The fraction of sp³-hybridized carbons (Fsp3) is 0.556. The Hall–Kier alpha value is -3.04. The van der Waals surface area contributed by atoms with Crippen LogP contribution in [-0.4, -0.2) is 64.3 Å². The monoisotopic (exact) mass is 503 g/mol. The zero-order valence-electron chi connectivity index (χ0n) is 21.7. The van der Waals surface area contributed by atoms with Gasteiger partial charge in [0.05, 0.1) is 18.1 Å². The number of allylic oxidation sites excluding steroid dienone is 4. The highest BCUT2D eigenvalue weighted by atomic mass is 16.6. The summed E-state index contributed by atoms with van der Waals surface area (Å²) in [4.78, 5) is 51.0.